The summed E-state index contributed by atoms with van der Waals surface area (Å²) in [6.45, 7) is 3.89. The Morgan fingerprint density at radius 1 is 1.44 bits per heavy atom. The molecule has 1 aliphatic rings. The van der Waals surface area contributed by atoms with Crippen LogP contribution >= 0.6 is 0 Å². The highest BCUT2D eigenvalue weighted by atomic mass is 16.5. The monoisotopic (exact) mass is 229 g/mol. The number of carboxylic acids is 1. The van der Waals surface area contributed by atoms with Crippen LogP contribution in [-0.2, 0) is 14.3 Å². The van der Waals surface area contributed by atoms with Gasteiger partial charge < -0.3 is 14.7 Å². The number of hydrogen-bond donors (Lipinski definition) is 1. The summed E-state index contributed by atoms with van der Waals surface area (Å²) in [7, 11) is 0. The van der Waals surface area contributed by atoms with Crippen molar-refractivity contribution >= 4 is 11.9 Å². The highest BCUT2D eigenvalue weighted by molar-refractivity contribution is 5.77. The second kappa shape index (κ2) is 6.48. The van der Waals surface area contributed by atoms with E-state index >= 15 is 0 Å². The summed E-state index contributed by atoms with van der Waals surface area (Å²) in [4.78, 5) is 23.8. The van der Waals surface area contributed by atoms with Crippen LogP contribution in [0, 0.1) is 0 Å². The third kappa shape index (κ3) is 4.18. The van der Waals surface area contributed by atoms with Gasteiger partial charge in [-0.25, -0.2) is 0 Å². The lowest BCUT2D eigenvalue weighted by atomic mass is 10.2. The Balaban J connectivity index is 2.27. The summed E-state index contributed by atoms with van der Waals surface area (Å²) >= 11 is 0. The zero-order chi connectivity index (χ0) is 12.0. The molecule has 0 bridgehead atoms. The van der Waals surface area contributed by atoms with E-state index in [1.54, 1.807) is 4.90 Å². The molecule has 1 atom stereocenters. The van der Waals surface area contributed by atoms with E-state index in [-0.39, 0.29) is 18.4 Å². The van der Waals surface area contributed by atoms with E-state index in [0.29, 0.717) is 32.5 Å². The Labute approximate surface area is 95.4 Å². The third-order valence-corrected chi connectivity index (χ3v) is 2.73. The molecule has 0 aromatic carbocycles. The van der Waals surface area contributed by atoms with Crippen molar-refractivity contribution < 1.29 is 19.4 Å². The molecule has 0 spiro atoms. The highest BCUT2D eigenvalue weighted by Crippen LogP contribution is 2.10. The summed E-state index contributed by atoms with van der Waals surface area (Å²) < 4.78 is 5.46. The van der Waals surface area contributed by atoms with Gasteiger partial charge in [0.05, 0.1) is 12.7 Å². The van der Waals surface area contributed by atoms with Crippen molar-refractivity contribution in [1.29, 1.82) is 0 Å². The number of ether oxygens (including phenoxy) is 1. The lowest BCUT2D eigenvalue weighted by Gasteiger charge is -2.32. The van der Waals surface area contributed by atoms with E-state index in [1.165, 1.54) is 0 Å². The molecule has 0 saturated carbocycles. The van der Waals surface area contributed by atoms with Gasteiger partial charge in [0.25, 0.3) is 0 Å². The van der Waals surface area contributed by atoms with Crippen molar-refractivity contribution in [3.63, 3.8) is 0 Å². The third-order valence-electron chi connectivity index (χ3n) is 2.73. The van der Waals surface area contributed by atoms with E-state index in [4.69, 9.17) is 9.84 Å². The number of carboxylic acid groups (broad SMARTS) is 1. The molecule has 1 amide bonds. The number of amides is 1. The Bertz CT molecular complexity index is 254. The van der Waals surface area contributed by atoms with Crippen LogP contribution in [0.3, 0.4) is 0 Å². The Hall–Kier alpha value is -1.10. The molecular weight excluding hydrogens is 210 g/mol. The van der Waals surface area contributed by atoms with Crippen LogP contribution in [0.4, 0.5) is 0 Å². The second-order valence-corrected chi connectivity index (χ2v) is 3.99. The molecule has 92 valence electrons. The minimum Gasteiger partial charge on any atom is -0.481 e. The fourth-order valence-corrected chi connectivity index (χ4v) is 1.74. The largest absolute Gasteiger partial charge is 0.481 e. The normalized spacial score (nSPS) is 20.8. The maximum atomic E-state index is 11.7. The van der Waals surface area contributed by atoms with Crippen LogP contribution in [0.5, 0.6) is 0 Å². The van der Waals surface area contributed by atoms with Crippen LogP contribution in [0.15, 0.2) is 0 Å². The molecule has 1 heterocycles. The standard InChI is InChI=1S/C11H19NO4/c1-2-9-8-12(6-7-16-9)10(13)4-3-5-11(14)15/h9H,2-8H2,1H3,(H,14,15). The van der Waals surface area contributed by atoms with Gasteiger partial charge in [0.15, 0.2) is 0 Å². The number of rotatable bonds is 5. The molecule has 1 unspecified atom stereocenters. The fourth-order valence-electron chi connectivity index (χ4n) is 1.74. The van der Waals surface area contributed by atoms with Gasteiger partial charge in [-0.2, -0.15) is 0 Å². The Morgan fingerprint density at radius 2 is 2.19 bits per heavy atom. The molecule has 0 aromatic rings. The zero-order valence-electron chi connectivity index (χ0n) is 9.65. The first-order valence-electron chi connectivity index (χ1n) is 5.74. The molecule has 5 heteroatoms. The van der Waals surface area contributed by atoms with Crippen LogP contribution in [0.1, 0.15) is 32.6 Å². The first-order valence-corrected chi connectivity index (χ1v) is 5.74. The number of carbonyl (C=O) groups is 2. The van der Waals surface area contributed by atoms with Gasteiger partial charge in [0.1, 0.15) is 0 Å². The van der Waals surface area contributed by atoms with Crippen molar-refractivity contribution in [2.24, 2.45) is 0 Å². The molecule has 1 N–H and O–H groups in total. The van der Waals surface area contributed by atoms with E-state index in [0.717, 1.165) is 6.42 Å². The van der Waals surface area contributed by atoms with Crippen LogP contribution in [0.2, 0.25) is 0 Å². The average Bonchev–Trinajstić information content (AvgIpc) is 2.28. The smallest absolute Gasteiger partial charge is 0.303 e. The predicted molar refractivity (Wildman–Crippen MR) is 58.1 cm³/mol. The van der Waals surface area contributed by atoms with E-state index in [2.05, 4.69) is 0 Å². The number of carbonyl (C=O) groups excluding carboxylic acids is 1. The minimum atomic E-state index is -0.846. The number of nitrogens with zero attached hydrogens (tertiary/aromatic N) is 1. The van der Waals surface area contributed by atoms with Crippen LogP contribution in [0.25, 0.3) is 0 Å². The van der Waals surface area contributed by atoms with E-state index in [9.17, 15) is 9.59 Å². The molecule has 0 aliphatic carbocycles. The summed E-state index contributed by atoms with van der Waals surface area (Å²) in [6, 6.07) is 0. The SMILES string of the molecule is CCC1CN(C(=O)CCCC(=O)O)CCO1. The van der Waals surface area contributed by atoms with Gasteiger partial charge in [-0.1, -0.05) is 6.92 Å². The van der Waals surface area contributed by atoms with Gasteiger partial charge >= 0.3 is 5.97 Å². The molecule has 0 aromatic heterocycles. The minimum absolute atomic E-state index is 0.0444. The lowest BCUT2D eigenvalue weighted by Crippen LogP contribution is -2.45. The summed E-state index contributed by atoms with van der Waals surface area (Å²) in [5.41, 5.74) is 0. The Morgan fingerprint density at radius 3 is 2.81 bits per heavy atom. The Kier molecular flexibility index (Phi) is 5.25. The van der Waals surface area contributed by atoms with Crippen LogP contribution in [-0.4, -0.2) is 47.7 Å². The molecule has 1 saturated heterocycles. The van der Waals surface area contributed by atoms with Gasteiger partial charge in [-0.05, 0) is 12.8 Å². The van der Waals surface area contributed by atoms with E-state index < -0.39 is 5.97 Å². The second-order valence-electron chi connectivity index (χ2n) is 3.99. The van der Waals surface area contributed by atoms with Gasteiger partial charge in [-0.3, -0.25) is 9.59 Å². The quantitative estimate of drug-likeness (QED) is 0.760. The van der Waals surface area contributed by atoms with Crippen molar-refractivity contribution in [3.05, 3.63) is 0 Å². The summed E-state index contributed by atoms with van der Waals surface area (Å²) in [5, 5.41) is 8.47. The molecule has 1 aliphatic heterocycles. The average molecular weight is 229 g/mol. The molecular formula is C11H19NO4. The van der Waals surface area contributed by atoms with Gasteiger partial charge in [0, 0.05) is 25.9 Å². The number of hydrogen-bond acceptors (Lipinski definition) is 3. The van der Waals surface area contributed by atoms with Gasteiger partial charge in [0.2, 0.25) is 5.91 Å². The van der Waals surface area contributed by atoms with Crippen molar-refractivity contribution in [2.45, 2.75) is 38.7 Å². The molecule has 16 heavy (non-hydrogen) atoms. The van der Waals surface area contributed by atoms with Crippen molar-refractivity contribution in [2.75, 3.05) is 19.7 Å². The molecule has 5 nitrogen and oxygen atoms in total. The highest BCUT2D eigenvalue weighted by Gasteiger charge is 2.22. The first kappa shape index (κ1) is 13.0. The zero-order valence-corrected chi connectivity index (χ0v) is 9.65. The first-order chi connectivity index (χ1) is 7.63. The summed E-state index contributed by atoms with van der Waals surface area (Å²) in [5.74, 6) is -0.802. The maximum absolute atomic E-state index is 11.7. The van der Waals surface area contributed by atoms with Gasteiger partial charge in [-0.15, -0.1) is 0 Å². The topological polar surface area (TPSA) is 66.8 Å². The molecule has 1 fully saturated rings. The number of aliphatic carboxylic acids is 1. The molecule has 1 rings (SSSR count). The lowest BCUT2D eigenvalue weighted by molar-refractivity contribution is -0.139. The van der Waals surface area contributed by atoms with Crippen LogP contribution < -0.4 is 0 Å². The fraction of sp³-hybridized carbons (Fsp3) is 0.818. The van der Waals surface area contributed by atoms with Crippen molar-refractivity contribution in [1.82, 2.24) is 4.90 Å². The summed E-state index contributed by atoms with van der Waals surface area (Å²) in [6.07, 6.45) is 1.84. The van der Waals surface area contributed by atoms with E-state index in [1.807, 2.05) is 6.92 Å². The van der Waals surface area contributed by atoms with Crippen molar-refractivity contribution in [3.8, 4) is 0 Å². The number of morpholine rings is 1. The predicted octanol–water partition coefficient (Wildman–Crippen LogP) is 0.879. The molecule has 0 radical (unpaired) electrons. The maximum Gasteiger partial charge on any atom is 0.303 e.